The predicted molar refractivity (Wildman–Crippen MR) is 137 cm³/mol. The van der Waals surface area contributed by atoms with Gasteiger partial charge >= 0.3 is 5.97 Å². The van der Waals surface area contributed by atoms with Gasteiger partial charge in [-0.25, -0.2) is 18.8 Å². The number of amides is 2. The number of rotatable bonds is 9. The third-order valence-corrected chi connectivity index (χ3v) is 7.59. The maximum Gasteiger partial charge on any atom is 0.303 e. The number of hydrogen-bond acceptors (Lipinski definition) is 5. The number of hydrogen-bond donors (Lipinski definition) is 3. The smallest absolute Gasteiger partial charge is 0.303 e. The van der Waals surface area contributed by atoms with Gasteiger partial charge in [0.1, 0.15) is 29.5 Å². The van der Waals surface area contributed by atoms with Gasteiger partial charge < -0.3 is 25.2 Å². The van der Waals surface area contributed by atoms with Crippen LogP contribution in [0.4, 0.5) is 14.5 Å². The van der Waals surface area contributed by atoms with Gasteiger partial charge in [-0.1, -0.05) is 6.07 Å². The number of aliphatic carboxylic acids is 1. The highest BCUT2D eigenvalue weighted by molar-refractivity contribution is 8.32. The van der Waals surface area contributed by atoms with E-state index in [4.69, 9.17) is 9.84 Å². The molecule has 8 nitrogen and oxygen atoms in total. The second kappa shape index (κ2) is 11.5. The maximum atomic E-state index is 14.8. The van der Waals surface area contributed by atoms with Gasteiger partial charge in [-0.2, -0.15) is 0 Å². The molecule has 202 valence electrons. The van der Waals surface area contributed by atoms with E-state index in [1.165, 1.54) is 4.90 Å². The monoisotopic (exact) mass is 538 g/mol. The molecule has 0 saturated carbocycles. The Morgan fingerprint density at radius 3 is 2.38 bits per heavy atom. The summed E-state index contributed by atoms with van der Waals surface area (Å²) in [5.74, 6) is -3.66. The molecule has 0 fully saturated rings. The summed E-state index contributed by atoms with van der Waals surface area (Å²) in [5.41, 5.74) is 1.12. The summed E-state index contributed by atoms with van der Waals surface area (Å²) in [7, 11) is -1.72. The Hall–Kier alpha value is -3.18. The summed E-state index contributed by atoms with van der Waals surface area (Å²) in [6.45, 7) is 2.34. The van der Waals surface area contributed by atoms with Crippen molar-refractivity contribution in [3.63, 3.8) is 0 Å². The van der Waals surface area contributed by atoms with Crippen molar-refractivity contribution < 1.29 is 38.1 Å². The van der Waals surface area contributed by atoms with E-state index in [2.05, 4.69) is 5.32 Å². The first-order valence-electron chi connectivity index (χ1n) is 11.8. The second-order valence-electron chi connectivity index (χ2n) is 9.52. The molecule has 1 aliphatic rings. The molecule has 0 bridgehead atoms. The average molecular weight is 539 g/mol. The predicted octanol–water partition coefficient (Wildman–Crippen LogP) is 3.71. The first-order valence-corrected chi connectivity index (χ1v) is 14.6. The zero-order valence-corrected chi connectivity index (χ0v) is 22.0. The van der Waals surface area contributed by atoms with Gasteiger partial charge in [0.05, 0.1) is 11.5 Å². The number of carbonyl (C=O) groups is 3. The number of halogens is 2. The van der Waals surface area contributed by atoms with Gasteiger partial charge in [-0.3, -0.25) is 14.4 Å². The van der Waals surface area contributed by atoms with Crippen molar-refractivity contribution in [2.24, 2.45) is 0 Å². The maximum absolute atomic E-state index is 14.8. The first-order chi connectivity index (χ1) is 17.3. The SMILES string of the molecule is CCOc1ccc2c(c1)CCN(C(=O)[C@H](O)CCC(=O)O)[C@H]2C(=O)Nc1cc(F)c(S(C)(C)C)c(F)c1. The highest BCUT2D eigenvalue weighted by Gasteiger charge is 2.38. The van der Waals surface area contributed by atoms with Crippen LogP contribution in [-0.2, 0) is 20.8 Å². The zero-order valence-electron chi connectivity index (χ0n) is 21.2. The minimum atomic E-state index is -1.72. The molecule has 2 atom stereocenters. The molecule has 0 saturated heterocycles. The Kier molecular flexibility index (Phi) is 8.80. The van der Waals surface area contributed by atoms with Crippen LogP contribution >= 0.6 is 10.0 Å². The number of carbonyl (C=O) groups excluding carboxylic acids is 2. The van der Waals surface area contributed by atoms with E-state index in [1.807, 2.05) is 6.92 Å². The highest BCUT2D eigenvalue weighted by Crippen LogP contribution is 2.48. The molecule has 1 heterocycles. The van der Waals surface area contributed by atoms with E-state index in [0.717, 1.165) is 17.7 Å². The van der Waals surface area contributed by atoms with E-state index in [0.29, 0.717) is 24.3 Å². The van der Waals surface area contributed by atoms with Gasteiger partial charge in [0.15, 0.2) is 0 Å². The third kappa shape index (κ3) is 6.58. The van der Waals surface area contributed by atoms with E-state index >= 15 is 0 Å². The van der Waals surface area contributed by atoms with Crippen LogP contribution in [0, 0.1) is 11.6 Å². The lowest BCUT2D eigenvalue weighted by Crippen LogP contribution is -2.49. The lowest BCUT2D eigenvalue weighted by Gasteiger charge is -2.37. The fourth-order valence-corrected chi connectivity index (χ4v) is 5.67. The number of aliphatic hydroxyl groups is 1. The number of ether oxygens (including phenoxy) is 1. The normalized spacial score (nSPS) is 16.5. The summed E-state index contributed by atoms with van der Waals surface area (Å²) < 4.78 is 35.1. The number of nitrogens with zero attached hydrogens (tertiary/aromatic N) is 1. The van der Waals surface area contributed by atoms with E-state index in [-0.39, 0.29) is 23.5 Å². The molecule has 0 radical (unpaired) electrons. The Balaban J connectivity index is 1.97. The lowest BCUT2D eigenvalue weighted by molar-refractivity contribution is -0.148. The van der Waals surface area contributed by atoms with Gasteiger partial charge in [0.25, 0.3) is 11.8 Å². The lowest BCUT2D eigenvalue weighted by atomic mass is 9.91. The number of benzene rings is 2. The van der Waals surface area contributed by atoms with Crippen LogP contribution in [0.2, 0.25) is 0 Å². The van der Waals surface area contributed by atoms with Crippen LogP contribution in [0.25, 0.3) is 0 Å². The van der Waals surface area contributed by atoms with Crippen molar-refractivity contribution in [2.45, 2.75) is 43.2 Å². The molecular formula is C26H32F2N2O6S. The molecule has 3 N–H and O–H groups in total. The molecule has 37 heavy (non-hydrogen) atoms. The van der Waals surface area contributed by atoms with Gasteiger partial charge in [0.2, 0.25) is 0 Å². The molecule has 0 aliphatic carbocycles. The van der Waals surface area contributed by atoms with Gasteiger partial charge in [-0.15, -0.1) is 0 Å². The standard InChI is InChI=1S/C26H32F2N2O6S/c1-5-36-17-6-7-18-15(12-17)10-11-30(26(35)21(31)8-9-22(32)33)23(18)25(34)29-16-13-19(27)24(20(28)14-16)37(2,3)4/h6-7,12-14,21,23,31H,5,8-11H2,1-4H3,(H,29,34)(H,32,33)/t21-,23-/m1/s1. The minimum Gasteiger partial charge on any atom is -0.494 e. The third-order valence-electron chi connectivity index (χ3n) is 5.98. The minimum absolute atomic E-state index is 0.0321. The number of carboxylic acids is 1. The zero-order chi connectivity index (χ0) is 27.5. The van der Waals surface area contributed by atoms with Crippen LogP contribution in [0.15, 0.2) is 35.2 Å². The molecule has 3 rings (SSSR count). The Bertz CT molecular complexity index is 1180. The Morgan fingerprint density at radius 1 is 1.16 bits per heavy atom. The fraction of sp³-hybridized carbons (Fsp3) is 0.423. The Morgan fingerprint density at radius 2 is 1.81 bits per heavy atom. The molecule has 0 spiro atoms. The van der Waals surface area contributed by atoms with Crippen molar-refractivity contribution in [3.05, 3.63) is 53.1 Å². The summed E-state index contributed by atoms with van der Waals surface area (Å²) in [6, 6.07) is 5.93. The average Bonchev–Trinajstić information content (AvgIpc) is 2.79. The highest BCUT2D eigenvalue weighted by atomic mass is 32.3. The van der Waals surface area contributed by atoms with E-state index in [1.54, 1.807) is 37.0 Å². The number of nitrogens with one attached hydrogen (secondary N) is 1. The van der Waals surface area contributed by atoms with E-state index in [9.17, 15) is 28.3 Å². The number of anilines is 1. The number of aliphatic hydroxyl groups excluding tert-OH is 1. The molecular weight excluding hydrogens is 506 g/mol. The van der Waals surface area contributed by atoms with Crippen molar-refractivity contribution in [1.82, 2.24) is 4.90 Å². The van der Waals surface area contributed by atoms with Crippen LogP contribution in [0.5, 0.6) is 5.75 Å². The van der Waals surface area contributed by atoms with Crippen LogP contribution in [-0.4, -0.2) is 70.9 Å². The molecule has 2 aromatic carbocycles. The molecule has 0 aromatic heterocycles. The van der Waals surface area contributed by atoms with E-state index < -0.39 is 58.0 Å². The quantitative estimate of drug-likeness (QED) is 0.448. The first kappa shape index (κ1) is 28.4. The number of fused-ring (bicyclic) bond motifs is 1. The second-order valence-corrected chi connectivity index (χ2v) is 13.6. The molecule has 0 unspecified atom stereocenters. The van der Waals surface area contributed by atoms with Crippen LogP contribution in [0.1, 0.15) is 36.9 Å². The molecule has 2 amide bonds. The van der Waals surface area contributed by atoms with Crippen LogP contribution in [0.3, 0.4) is 0 Å². The van der Waals surface area contributed by atoms with Crippen molar-refractivity contribution in [3.8, 4) is 5.75 Å². The van der Waals surface area contributed by atoms with Gasteiger partial charge in [0, 0.05) is 18.7 Å². The molecule has 11 heteroatoms. The van der Waals surface area contributed by atoms with Crippen molar-refractivity contribution in [2.75, 3.05) is 37.2 Å². The summed E-state index contributed by atoms with van der Waals surface area (Å²) in [4.78, 5) is 38.6. The van der Waals surface area contributed by atoms with Gasteiger partial charge in [-0.05, 0) is 73.9 Å². The number of carboxylic acid groups (broad SMARTS) is 1. The topological polar surface area (TPSA) is 116 Å². The summed E-state index contributed by atoms with van der Waals surface area (Å²) >= 11 is 0. The summed E-state index contributed by atoms with van der Waals surface area (Å²) in [5, 5.41) is 21.8. The molecule has 2 aromatic rings. The largest absolute Gasteiger partial charge is 0.494 e. The molecule has 1 aliphatic heterocycles. The summed E-state index contributed by atoms with van der Waals surface area (Å²) in [6.07, 6.45) is 3.25. The van der Waals surface area contributed by atoms with Crippen molar-refractivity contribution in [1.29, 1.82) is 0 Å². The Labute approximate surface area is 215 Å². The van der Waals surface area contributed by atoms with Crippen molar-refractivity contribution >= 4 is 33.5 Å². The fourth-order valence-electron chi connectivity index (χ4n) is 4.38. The van der Waals surface area contributed by atoms with Crippen LogP contribution < -0.4 is 10.1 Å².